The van der Waals surface area contributed by atoms with E-state index < -0.39 is 53.6 Å². The highest BCUT2D eigenvalue weighted by Crippen LogP contribution is 2.38. The number of hydrogen-bond donors (Lipinski definition) is 3. The zero-order chi connectivity index (χ0) is 36.9. The van der Waals surface area contributed by atoms with Gasteiger partial charge in [0.05, 0.1) is 29.1 Å². The third-order valence-electron chi connectivity index (χ3n) is 8.94. The first-order valence-electron chi connectivity index (χ1n) is 16.5. The lowest BCUT2D eigenvalue weighted by Gasteiger charge is -2.32. The summed E-state index contributed by atoms with van der Waals surface area (Å²) in [5.41, 5.74) is 6.60. The van der Waals surface area contributed by atoms with Gasteiger partial charge in [-0.15, -0.1) is 13.2 Å². The Morgan fingerprint density at radius 2 is 1.64 bits per heavy atom. The molecule has 0 aliphatic carbocycles. The Bertz CT molecular complexity index is 1680. The van der Waals surface area contributed by atoms with E-state index in [4.69, 9.17) is 10.5 Å². The number of nitrogens with two attached hydrogens (primary N) is 1. The predicted octanol–water partition coefficient (Wildman–Crippen LogP) is 5.22. The fraction of sp³-hybridized carbons (Fsp3) is 0.514. The van der Waals surface area contributed by atoms with Crippen molar-refractivity contribution in [3.05, 3.63) is 64.9 Å². The largest absolute Gasteiger partial charge is 0.573 e. The second-order valence-corrected chi connectivity index (χ2v) is 13.2. The Morgan fingerprint density at radius 3 is 2.24 bits per heavy atom. The van der Waals surface area contributed by atoms with Gasteiger partial charge in [0.1, 0.15) is 23.4 Å². The molecule has 15 heteroatoms. The number of aromatic nitrogens is 1. The fourth-order valence-corrected chi connectivity index (χ4v) is 6.08. The van der Waals surface area contributed by atoms with Crippen LogP contribution in [-0.2, 0) is 27.4 Å². The molecule has 2 aromatic carbocycles. The number of carbonyl (C=O) groups is 3. The molecule has 1 aromatic heterocycles. The van der Waals surface area contributed by atoms with Crippen molar-refractivity contribution in [3.63, 3.8) is 0 Å². The van der Waals surface area contributed by atoms with Crippen molar-refractivity contribution in [3.8, 4) is 5.75 Å². The minimum Gasteiger partial charge on any atom is -0.405 e. The maximum absolute atomic E-state index is 15.1. The zero-order valence-electron chi connectivity index (χ0n) is 28.7. The van der Waals surface area contributed by atoms with Crippen LogP contribution in [0.5, 0.6) is 5.75 Å². The second-order valence-electron chi connectivity index (χ2n) is 13.2. The number of amides is 3. The van der Waals surface area contributed by atoms with E-state index in [-0.39, 0.29) is 67.0 Å². The van der Waals surface area contributed by atoms with Crippen LogP contribution in [0.15, 0.2) is 36.5 Å². The van der Waals surface area contributed by atoms with Crippen molar-refractivity contribution < 1.29 is 45.8 Å². The minimum absolute atomic E-state index is 0.0733. The van der Waals surface area contributed by atoms with Crippen molar-refractivity contribution >= 4 is 28.6 Å². The van der Waals surface area contributed by atoms with Crippen LogP contribution in [-0.4, -0.2) is 72.4 Å². The Balaban J connectivity index is 1.48. The Kier molecular flexibility index (Phi) is 12.5. The average Bonchev–Trinajstić information content (AvgIpc) is 3.46. The summed E-state index contributed by atoms with van der Waals surface area (Å²) in [5, 5.41) is 5.23. The van der Waals surface area contributed by atoms with Gasteiger partial charge in [-0.05, 0) is 59.9 Å². The van der Waals surface area contributed by atoms with Crippen LogP contribution in [0.25, 0.3) is 10.9 Å². The molecule has 1 aliphatic rings. The molecule has 4 rings (SSSR count). The SMILES string of the molecule is COCCn1cc(C(=O)N2CCC(c3cc(CNC(=O)C(NC(=O)C(N)C(C)C)C(C)C)ccc3F)CC2)c2c(OC(F)(F)F)ccc(F)c21. The molecule has 3 amide bonds. The molecule has 2 unspecified atom stereocenters. The normalized spacial score (nSPS) is 15.4. The van der Waals surface area contributed by atoms with Crippen LogP contribution in [0.3, 0.4) is 0 Å². The number of piperidine rings is 1. The number of likely N-dealkylation sites (tertiary alicyclic amines) is 1. The highest BCUT2D eigenvalue weighted by molar-refractivity contribution is 6.09. The van der Waals surface area contributed by atoms with Crippen molar-refractivity contribution in [2.24, 2.45) is 17.6 Å². The number of methoxy groups -OCH3 is 1. The number of hydrogen-bond acceptors (Lipinski definition) is 6. The second kappa shape index (κ2) is 16.2. The number of fused-ring (bicyclic) bond motifs is 1. The molecule has 1 aliphatic heterocycles. The first-order valence-corrected chi connectivity index (χ1v) is 16.5. The molecule has 0 saturated carbocycles. The fourth-order valence-electron chi connectivity index (χ4n) is 6.08. The summed E-state index contributed by atoms with van der Waals surface area (Å²) in [4.78, 5) is 40.7. The number of nitrogens with one attached hydrogen (secondary N) is 2. The van der Waals surface area contributed by atoms with Crippen LogP contribution in [0.1, 0.15) is 67.9 Å². The van der Waals surface area contributed by atoms with E-state index in [1.165, 1.54) is 28.8 Å². The molecule has 1 saturated heterocycles. The lowest BCUT2D eigenvalue weighted by atomic mass is 9.88. The van der Waals surface area contributed by atoms with Gasteiger partial charge in [0, 0.05) is 39.5 Å². The number of benzene rings is 2. The molecule has 274 valence electrons. The first kappa shape index (κ1) is 38.6. The van der Waals surface area contributed by atoms with Crippen LogP contribution < -0.4 is 21.1 Å². The van der Waals surface area contributed by atoms with Gasteiger partial charge in [-0.3, -0.25) is 14.4 Å². The average molecular weight is 710 g/mol. The van der Waals surface area contributed by atoms with Crippen molar-refractivity contribution in [1.82, 2.24) is 20.1 Å². The number of halogens is 5. The molecule has 4 N–H and O–H groups in total. The predicted molar refractivity (Wildman–Crippen MR) is 176 cm³/mol. The highest BCUT2D eigenvalue weighted by atomic mass is 19.4. The lowest BCUT2D eigenvalue weighted by Crippen LogP contribution is -2.54. The Hall–Kier alpha value is -4.24. The third-order valence-corrected chi connectivity index (χ3v) is 8.94. The van der Waals surface area contributed by atoms with Crippen molar-refractivity contribution in [2.75, 3.05) is 26.8 Å². The van der Waals surface area contributed by atoms with Gasteiger partial charge in [0.25, 0.3) is 5.91 Å². The lowest BCUT2D eigenvalue weighted by molar-refractivity contribution is -0.274. The van der Waals surface area contributed by atoms with Crippen LogP contribution in [0.2, 0.25) is 0 Å². The molecule has 2 atom stereocenters. The quantitative estimate of drug-likeness (QED) is 0.209. The van der Waals surface area contributed by atoms with Gasteiger partial charge in [-0.1, -0.05) is 39.8 Å². The number of ether oxygens (including phenoxy) is 2. The first-order chi connectivity index (χ1) is 23.5. The molecule has 3 aromatic rings. The topological polar surface area (TPSA) is 128 Å². The molecule has 0 radical (unpaired) electrons. The summed E-state index contributed by atoms with van der Waals surface area (Å²) < 4.78 is 80.5. The van der Waals surface area contributed by atoms with Gasteiger partial charge in [0.2, 0.25) is 11.8 Å². The minimum atomic E-state index is -5.08. The van der Waals surface area contributed by atoms with Crippen LogP contribution >= 0.6 is 0 Å². The molecule has 0 bridgehead atoms. The molecule has 1 fully saturated rings. The van der Waals surface area contributed by atoms with E-state index in [9.17, 15) is 31.9 Å². The van der Waals surface area contributed by atoms with Crippen LogP contribution in [0.4, 0.5) is 22.0 Å². The summed E-state index contributed by atoms with van der Waals surface area (Å²) in [6, 6.07) is 4.62. The number of nitrogens with zero attached hydrogens (tertiary/aromatic N) is 2. The van der Waals surface area contributed by atoms with E-state index >= 15 is 4.39 Å². The standard InChI is InChI=1S/C35H44F5N5O5/c1-19(2)29(41)32(46)43-30(20(3)4)33(47)42-17-21-6-7-25(36)23(16-21)22-10-12-44(13-11-22)34(48)24-18-45(14-15-49-5)31-26(37)8-9-27(28(24)31)50-35(38,39)40/h6-9,16,18-20,22,29-30H,10-15,17,41H2,1-5H3,(H,42,47)(H,43,46). The molecular weight excluding hydrogens is 665 g/mol. The zero-order valence-corrected chi connectivity index (χ0v) is 28.7. The van der Waals surface area contributed by atoms with E-state index in [1.54, 1.807) is 26.0 Å². The Labute approximate surface area is 287 Å². The number of alkyl halides is 3. The van der Waals surface area contributed by atoms with Gasteiger partial charge in [-0.2, -0.15) is 0 Å². The molecule has 2 heterocycles. The third kappa shape index (κ3) is 9.10. The highest BCUT2D eigenvalue weighted by Gasteiger charge is 2.35. The van der Waals surface area contributed by atoms with E-state index in [2.05, 4.69) is 15.4 Å². The maximum Gasteiger partial charge on any atom is 0.573 e. The number of carbonyl (C=O) groups excluding carboxylic acids is 3. The molecule has 0 spiro atoms. The number of rotatable bonds is 13. The van der Waals surface area contributed by atoms with E-state index in [0.717, 1.165) is 12.1 Å². The van der Waals surface area contributed by atoms with Gasteiger partial charge < -0.3 is 35.3 Å². The summed E-state index contributed by atoms with van der Waals surface area (Å²) in [6.07, 6.45) is -3.08. The Morgan fingerprint density at radius 1 is 0.980 bits per heavy atom. The molecule has 10 nitrogen and oxygen atoms in total. The summed E-state index contributed by atoms with van der Waals surface area (Å²) in [5.74, 6) is -4.05. The molecule has 50 heavy (non-hydrogen) atoms. The van der Waals surface area contributed by atoms with Crippen LogP contribution in [0, 0.1) is 23.5 Å². The smallest absolute Gasteiger partial charge is 0.405 e. The van der Waals surface area contributed by atoms with Gasteiger partial charge in [-0.25, -0.2) is 8.78 Å². The summed E-state index contributed by atoms with van der Waals surface area (Å²) >= 11 is 0. The van der Waals surface area contributed by atoms with E-state index in [1.807, 2.05) is 13.8 Å². The van der Waals surface area contributed by atoms with E-state index in [0.29, 0.717) is 24.0 Å². The van der Waals surface area contributed by atoms with Gasteiger partial charge >= 0.3 is 6.36 Å². The maximum atomic E-state index is 15.1. The molecular formula is C35H44F5N5O5. The van der Waals surface area contributed by atoms with Crippen molar-refractivity contribution in [2.45, 2.75) is 78.0 Å². The monoisotopic (exact) mass is 709 g/mol. The summed E-state index contributed by atoms with van der Waals surface area (Å²) in [6.45, 7) is 7.79. The van der Waals surface area contributed by atoms with Gasteiger partial charge in [0.15, 0.2) is 0 Å². The van der Waals surface area contributed by atoms with Crippen molar-refractivity contribution in [1.29, 1.82) is 0 Å². The summed E-state index contributed by atoms with van der Waals surface area (Å²) in [7, 11) is 1.42.